The Kier molecular flexibility index (Phi) is 5.19. The van der Waals surface area contributed by atoms with Crippen LogP contribution in [0.3, 0.4) is 0 Å². The number of carbonyl (C=O) groups excluding carboxylic acids is 1. The van der Waals surface area contributed by atoms with Crippen molar-refractivity contribution in [2.24, 2.45) is 23.2 Å². The van der Waals surface area contributed by atoms with Crippen molar-refractivity contribution in [1.29, 1.82) is 0 Å². The average molecular weight is 436 g/mol. The lowest BCUT2D eigenvalue weighted by atomic mass is 9.45. The molecule has 7 nitrogen and oxygen atoms in total. The van der Waals surface area contributed by atoms with Crippen molar-refractivity contribution in [3.8, 4) is 0 Å². The average Bonchev–Trinajstić information content (AvgIpc) is 3.06. The van der Waals surface area contributed by atoms with Gasteiger partial charge in [0.1, 0.15) is 16.6 Å². The Hall–Kier alpha value is -1.93. The second-order valence-electron chi connectivity index (χ2n) is 8.92. The van der Waals surface area contributed by atoms with Crippen molar-refractivity contribution >= 4 is 39.7 Å². The summed E-state index contributed by atoms with van der Waals surface area (Å²) in [6.45, 7) is 8.63. The van der Waals surface area contributed by atoms with Gasteiger partial charge in [-0.15, -0.1) is 0 Å². The molecule has 0 radical (unpaired) electrons. The monoisotopic (exact) mass is 435 g/mol. The third kappa shape index (κ3) is 3.68. The largest absolute Gasteiger partial charge is 0.379 e. The highest BCUT2D eigenvalue weighted by atomic mass is 35.5. The van der Waals surface area contributed by atoms with Crippen molar-refractivity contribution < 1.29 is 4.79 Å². The molecule has 0 aliphatic heterocycles. The quantitative estimate of drug-likeness (QED) is 0.745. The summed E-state index contributed by atoms with van der Waals surface area (Å²) in [4.78, 5) is 24.8. The van der Waals surface area contributed by atoms with Gasteiger partial charge in [0.15, 0.2) is 0 Å². The highest BCUT2D eigenvalue weighted by molar-refractivity contribution is 7.10. The zero-order chi connectivity index (χ0) is 20.9. The summed E-state index contributed by atoms with van der Waals surface area (Å²) < 4.78 is 5.20. The second-order valence-corrected chi connectivity index (χ2v) is 10.1. The van der Waals surface area contributed by atoms with Crippen molar-refractivity contribution in [2.75, 3.05) is 10.6 Å². The topological polar surface area (TPSA) is 88.9 Å². The van der Waals surface area contributed by atoms with E-state index in [0.29, 0.717) is 33.9 Å². The van der Waals surface area contributed by atoms with E-state index in [4.69, 9.17) is 11.6 Å². The van der Waals surface area contributed by atoms with E-state index in [1.54, 1.807) is 12.3 Å². The number of hydrogen-bond donors (Lipinski definition) is 2. The van der Waals surface area contributed by atoms with Gasteiger partial charge in [0.05, 0.1) is 17.6 Å². The van der Waals surface area contributed by atoms with Gasteiger partial charge in [-0.1, -0.05) is 32.4 Å². The van der Waals surface area contributed by atoms with Gasteiger partial charge in [-0.05, 0) is 60.5 Å². The number of nitrogens with zero attached hydrogens (tertiary/aromatic N) is 3. The van der Waals surface area contributed by atoms with Gasteiger partial charge < -0.3 is 10.6 Å². The summed E-state index contributed by atoms with van der Waals surface area (Å²) in [5.41, 5.74) is 1.30. The molecule has 0 unspecified atom stereocenters. The normalized spacial score (nSPS) is 27.2. The number of halogens is 1. The first kappa shape index (κ1) is 20.3. The van der Waals surface area contributed by atoms with Crippen LogP contribution in [0.4, 0.5) is 10.7 Å². The van der Waals surface area contributed by atoms with E-state index in [0.717, 1.165) is 16.8 Å². The predicted octanol–water partition coefficient (Wildman–Crippen LogP) is 3.78. The number of aromatic nitrogens is 3. The third-order valence-corrected chi connectivity index (χ3v) is 8.03. The zero-order valence-electron chi connectivity index (χ0n) is 17.0. The molecular formula is C20H26ClN5O2S. The van der Waals surface area contributed by atoms with Crippen LogP contribution in [0.2, 0.25) is 5.02 Å². The van der Waals surface area contributed by atoms with Crippen molar-refractivity contribution in [3.05, 3.63) is 33.3 Å². The Bertz CT molecular complexity index is 1000. The first-order valence-electron chi connectivity index (χ1n) is 9.92. The van der Waals surface area contributed by atoms with E-state index in [2.05, 4.69) is 40.9 Å². The summed E-state index contributed by atoms with van der Waals surface area (Å²) >= 11 is 7.54. The number of fused-ring (bicyclic) bond motifs is 2. The lowest BCUT2D eigenvalue weighted by molar-refractivity contribution is -0.117. The molecule has 3 saturated carbocycles. The van der Waals surface area contributed by atoms with Crippen molar-refractivity contribution in [3.63, 3.8) is 0 Å². The van der Waals surface area contributed by atoms with Crippen LogP contribution in [0.5, 0.6) is 0 Å². The summed E-state index contributed by atoms with van der Waals surface area (Å²) in [5, 5.41) is 11.0. The fraction of sp³-hybridized carbons (Fsp3) is 0.600. The van der Waals surface area contributed by atoms with Gasteiger partial charge in [-0.25, -0.2) is 4.68 Å². The smallest absolute Gasteiger partial charge is 0.288 e. The van der Waals surface area contributed by atoms with Crippen LogP contribution in [-0.2, 0) is 11.3 Å². The van der Waals surface area contributed by atoms with Crippen LogP contribution in [0, 0.1) is 30.1 Å². The molecule has 2 bridgehead atoms. The molecule has 4 atom stereocenters. The molecule has 2 N–H and O–H groups in total. The number of rotatable bonds is 5. The highest BCUT2D eigenvalue weighted by Gasteiger charge is 2.56. The molecule has 2 heterocycles. The molecule has 2 aromatic heterocycles. The lowest BCUT2D eigenvalue weighted by Crippen LogP contribution is -2.58. The predicted molar refractivity (Wildman–Crippen MR) is 116 cm³/mol. The fourth-order valence-corrected chi connectivity index (χ4v) is 5.83. The SMILES string of the molecule is Cc1cc(NC(=O)Cn2ncc(N[C@@H]3C[C@@H]4C[C@H]([C@H]3C)C4(C)C)c(Cl)c2=O)sn1. The Morgan fingerprint density at radius 3 is 2.79 bits per heavy atom. The molecule has 0 saturated heterocycles. The fourth-order valence-electron chi connectivity index (χ4n) is 4.95. The van der Waals surface area contributed by atoms with E-state index in [9.17, 15) is 9.59 Å². The van der Waals surface area contributed by atoms with Crippen LogP contribution >= 0.6 is 23.1 Å². The number of anilines is 2. The van der Waals surface area contributed by atoms with Gasteiger partial charge in [0, 0.05) is 6.04 Å². The van der Waals surface area contributed by atoms with Gasteiger partial charge in [-0.2, -0.15) is 9.47 Å². The van der Waals surface area contributed by atoms with E-state index >= 15 is 0 Å². The van der Waals surface area contributed by atoms with Gasteiger partial charge in [-0.3, -0.25) is 9.59 Å². The number of aryl methyl sites for hydroxylation is 1. The molecule has 3 aliphatic carbocycles. The van der Waals surface area contributed by atoms with Gasteiger partial charge >= 0.3 is 0 Å². The maximum absolute atomic E-state index is 12.6. The maximum Gasteiger partial charge on any atom is 0.288 e. The minimum Gasteiger partial charge on any atom is -0.379 e. The van der Waals surface area contributed by atoms with Gasteiger partial charge in [0.2, 0.25) is 5.91 Å². The molecule has 1 amide bonds. The Labute approximate surface area is 179 Å². The van der Waals surface area contributed by atoms with E-state index in [1.165, 1.54) is 18.0 Å². The molecule has 9 heteroatoms. The molecule has 29 heavy (non-hydrogen) atoms. The Morgan fingerprint density at radius 1 is 1.41 bits per heavy atom. The van der Waals surface area contributed by atoms with Crippen molar-refractivity contribution in [2.45, 2.75) is 53.1 Å². The standard InChI is InChI=1S/C20H26ClN5O2S/c1-10-5-17(29-25-10)24-16(27)9-26-19(28)18(21)15(8-22-26)23-14-7-12-6-13(11(14)2)20(12,3)4/h5,8,11-14,23H,6-7,9H2,1-4H3,(H,24,27)/t11-,12+,13-,14-/m1/s1. The minimum atomic E-state index is -0.471. The van der Waals surface area contributed by atoms with Gasteiger partial charge in [0.25, 0.3) is 5.56 Å². The zero-order valence-corrected chi connectivity index (χ0v) is 18.6. The van der Waals surface area contributed by atoms with Crippen LogP contribution in [0.1, 0.15) is 39.3 Å². The molecule has 5 rings (SSSR count). The molecule has 2 aromatic rings. The minimum absolute atomic E-state index is 0.0761. The van der Waals surface area contributed by atoms with E-state index < -0.39 is 5.56 Å². The molecular weight excluding hydrogens is 410 g/mol. The molecule has 0 spiro atoms. The van der Waals surface area contributed by atoms with E-state index in [1.807, 2.05) is 6.92 Å². The molecule has 3 aliphatic rings. The Balaban J connectivity index is 1.44. The highest BCUT2D eigenvalue weighted by Crippen LogP contribution is 2.61. The van der Waals surface area contributed by atoms with Crippen molar-refractivity contribution in [1.82, 2.24) is 14.2 Å². The van der Waals surface area contributed by atoms with Crippen LogP contribution < -0.4 is 16.2 Å². The van der Waals surface area contributed by atoms with Crippen LogP contribution in [0.25, 0.3) is 0 Å². The third-order valence-electron chi connectivity index (χ3n) is 6.86. The summed E-state index contributed by atoms with van der Waals surface area (Å²) in [6, 6.07) is 2.05. The number of amides is 1. The van der Waals surface area contributed by atoms with Crippen LogP contribution in [0.15, 0.2) is 17.1 Å². The Morgan fingerprint density at radius 2 is 2.17 bits per heavy atom. The molecule has 0 aromatic carbocycles. The summed E-state index contributed by atoms with van der Waals surface area (Å²) in [5.74, 6) is 1.54. The van der Waals surface area contributed by atoms with Crippen LogP contribution in [-0.4, -0.2) is 26.1 Å². The number of nitrogens with one attached hydrogen (secondary N) is 2. The first-order valence-corrected chi connectivity index (χ1v) is 11.1. The first-order chi connectivity index (χ1) is 13.7. The lowest BCUT2D eigenvalue weighted by Gasteiger charge is -2.62. The second kappa shape index (κ2) is 7.40. The number of carbonyl (C=O) groups is 1. The van der Waals surface area contributed by atoms with E-state index in [-0.39, 0.29) is 23.5 Å². The maximum atomic E-state index is 12.6. The molecule has 156 valence electrons. The summed E-state index contributed by atoms with van der Waals surface area (Å²) in [7, 11) is 0. The molecule has 3 fully saturated rings. The summed E-state index contributed by atoms with van der Waals surface area (Å²) in [6.07, 6.45) is 3.90. The number of hydrogen-bond acceptors (Lipinski definition) is 6.